The van der Waals surface area contributed by atoms with E-state index in [0.717, 1.165) is 13.6 Å². The van der Waals surface area contributed by atoms with Crippen LogP contribution < -0.4 is 11.3 Å². The summed E-state index contributed by atoms with van der Waals surface area (Å²) in [6.07, 6.45) is 0.501. The third kappa shape index (κ3) is 3.58. The number of halogens is 3. The number of aryl methyl sites for hydroxylation is 1. The number of hydrazine groups is 1. The minimum atomic E-state index is -0.212. The first kappa shape index (κ1) is 15.9. The van der Waals surface area contributed by atoms with Crippen LogP contribution in [-0.4, -0.2) is 0 Å². The number of benzene rings is 2. The fraction of sp³-hybridized carbons (Fsp3) is 0.200. The molecule has 20 heavy (non-hydrogen) atoms. The summed E-state index contributed by atoms with van der Waals surface area (Å²) in [5.74, 6) is 5.46. The molecule has 1 atom stereocenters. The van der Waals surface area contributed by atoms with Crippen LogP contribution in [0, 0.1) is 16.3 Å². The molecule has 1 unspecified atom stereocenters. The minimum Gasteiger partial charge on any atom is -0.271 e. The molecule has 0 heterocycles. The zero-order chi connectivity index (χ0) is 14.7. The summed E-state index contributed by atoms with van der Waals surface area (Å²) in [5, 5.41) is 0. The van der Waals surface area contributed by atoms with Crippen molar-refractivity contribution in [1.82, 2.24) is 5.43 Å². The Morgan fingerprint density at radius 2 is 2.10 bits per heavy atom. The van der Waals surface area contributed by atoms with Crippen LogP contribution in [0.15, 0.2) is 40.9 Å². The van der Waals surface area contributed by atoms with Crippen molar-refractivity contribution in [2.45, 2.75) is 19.4 Å². The van der Waals surface area contributed by atoms with Crippen LogP contribution >= 0.6 is 38.5 Å². The first-order valence-corrected chi connectivity index (χ1v) is 8.05. The van der Waals surface area contributed by atoms with Gasteiger partial charge in [-0.3, -0.25) is 11.3 Å². The molecule has 106 valence electrons. The van der Waals surface area contributed by atoms with E-state index in [1.165, 1.54) is 11.6 Å². The number of nitrogens with one attached hydrogen (secondary N) is 1. The third-order valence-electron chi connectivity index (χ3n) is 3.23. The summed E-state index contributed by atoms with van der Waals surface area (Å²) in [6.45, 7) is 2.05. The van der Waals surface area contributed by atoms with Gasteiger partial charge in [0.05, 0.1) is 6.04 Å². The highest BCUT2D eigenvalue weighted by Gasteiger charge is 2.16. The van der Waals surface area contributed by atoms with Crippen molar-refractivity contribution in [2.24, 2.45) is 5.84 Å². The van der Waals surface area contributed by atoms with Crippen LogP contribution in [0.25, 0.3) is 0 Å². The Kier molecular flexibility index (Phi) is 5.54. The zero-order valence-corrected chi connectivity index (χ0v) is 14.7. The van der Waals surface area contributed by atoms with Gasteiger partial charge in [-0.05, 0) is 70.8 Å². The molecule has 0 aromatic heterocycles. The van der Waals surface area contributed by atoms with E-state index in [-0.39, 0.29) is 11.9 Å². The van der Waals surface area contributed by atoms with Crippen molar-refractivity contribution in [2.75, 3.05) is 0 Å². The van der Waals surface area contributed by atoms with E-state index < -0.39 is 0 Å². The number of hydrogen-bond donors (Lipinski definition) is 2. The molecule has 2 rings (SSSR count). The van der Waals surface area contributed by atoms with E-state index in [0.29, 0.717) is 12.0 Å². The first-order chi connectivity index (χ1) is 9.52. The number of hydrogen-bond acceptors (Lipinski definition) is 2. The number of nitrogens with two attached hydrogens (primary N) is 1. The molecule has 0 aliphatic heterocycles. The van der Waals surface area contributed by atoms with Gasteiger partial charge in [0.15, 0.2) is 0 Å². The molecule has 0 fully saturated rings. The predicted octanol–water partition coefficient (Wildman–Crippen LogP) is 4.25. The van der Waals surface area contributed by atoms with E-state index in [4.69, 9.17) is 5.84 Å². The Morgan fingerprint density at radius 1 is 1.35 bits per heavy atom. The Balaban J connectivity index is 2.34. The second-order valence-corrected chi connectivity index (χ2v) is 6.63. The molecule has 3 N–H and O–H groups in total. The molecule has 5 heteroatoms. The lowest BCUT2D eigenvalue weighted by Crippen LogP contribution is -2.30. The van der Waals surface area contributed by atoms with E-state index in [1.807, 2.05) is 12.1 Å². The molecular formula is C15H15BrFIN2. The Hall–Kier alpha value is -0.500. The first-order valence-electron chi connectivity index (χ1n) is 6.18. The van der Waals surface area contributed by atoms with Crippen molar-refractivity contribution in [3.05, 3.63) is 66.9 Å². The summed E-state index contributed by atoms with van der Waals surface area (Å²) in [4.78, 5) is 0. The minimum absolute atomic E-state index is 0.120. The topological polar surface area (TPSA) is 38.0 Å². The van der Waals surface area contributed by atoms with E-state index in [1.54, 1.807) is 12.1 Å². The van der Waals surface area contributed by atoms with Gasteiger partial charge in [0.2, 0.25) is 0 Å². The standard InChI is InChI=1S/C15H15BrFIN2/c1-9-3-2-4-12(15(9)18)14(20-19)8-10-7-11(16)5-6-13(10)17/h2-7,14,20H,8,19H2,1H3. The highest BCUT2D eigenvalue weighted by atomic mass is 127. The summed E-state index contributed by atoms with van der Waals surface area (Å²) in [7, 11) is 0. The fourth-order valence-corrected chi connectivity index (χ4v) is 3.26. The monoisotopic (exact) mass is 448 g/mol. The van der Waals surface area contributed by atoms with Gasteiger partial charge in [-0.2, -0.15) is 0 Å². The van der Waals surface area contributed by atoms with Crippen molar-refractivity contribution in [3.63, 3.8) is 0 Å². The van der Waals surface area contributed by atoms with Gasteiger partial charge in [0.25, 0.3) is 0 Å². The van der Waals surface area contributed by atoms with Gasteiger partial charge in [0, 0.05) is 8.04 Å². The van der Waals surface area contributed by atoms with E-state index in [2.05, 4.69) is 56.9 Å². The molecule has 2 nitrogen and oxygen atoms in total. The van der Waals surface area contributed by atoms with Crippen LogP contribution in [0.2, 0.25) is 0 Å². The molecule has 0 saturated heterocycles. The zero-order valence-electron chi connectivity index (χ0n) is 11.0. The van der Waals surface area contributed by atoms with Gasteiger partial charge in [-0.15, -0.1) is 0 Å². The largest absolute Gasteiger partial charge is 0.271 e. The van der Waals surface area contributed by atoms with Crippen LogP contribution in [-0.2, 0) is 6.42 Å². The molecule has 0 saturated carbocycles. The molecule has 0 bridgehead atoms. The van der Waals surface area contributed by atoms with E-state index >= 15 is 0 Å². The van der Waals surface area contributed by atoms with Crippen LogP contribution in [0.4, 0.5) is 4.39 Å². The average Bonchev–Trinajstić information content (AvgIpc) is 2.43. The Bertz CT molecular complexity index is 619. The second kappa shape index (κ2) is 6.98. The highest BCUT2D eigenvalue weighted by molar-refractivity contribution is 14.1. The van der Waals surface area contributed by atoms with Crippen molar-refractivity contribution in [3.8, 4) is 0 Å². The lowest BCUT2D eigenvalue weighted by Gasteiger charge is -2.19. The maximum absolute atomic E-state index is 13.9. The number of rotatable bonds is 4. The Morgan fingerprint density at radius 3 is 2.80 bits per heavy atom. The molecule has 0 aliphatic rings. The molecule has 0 radical (unpaired) electrons. The quantitative estimate of drug-likeness (QED) is 0.417. The van der Waals surface area contributed by atoms with Gasteiger partial charge in [-0.1, -0.05) is 34.1 Å². The van der Waals surface area contributed by atoms with Crippen molar-refractivity contribution in [1.29, 1.82) is 0 Å². The van der Waals surface area contributed by atoms with E-state index in [9.17, 15) is 4.39 Å². The summed E-state index contributed by atoms with van der Waals surface area (Å²) in [5.41, 5.74) is 5.72. The normalized spacial score (nSPS) is 12.4. The molecule has 0 aliphatic carbocycles. The van der Waals surface area contributed by atoms with Crippen LogP contribution in [0.1, 0.15) is 22.7 Å². The second-order valence-electron chi connectivity index (χ2n) is 4.64. The maximum Gasteiger partial charge on any atom is 0.126 e. The van der Waals surface area contributed by atoms with Gasteiger partial charge >= 0.3 is 0 Å². The molecular weight excluding hydrogens is 434 g/mol. The van der Waals surface area contributed by atoms with Gasteiger partial charge in [-0.25, -0.2) is 4.39 Å². The molecule has 0 spiro atoms. The van der Waals surface area contributed by atoms with Crippen LogP contribution in [0.3, 0.4) is 0 Å². The van der Waals surface area contributed by atoms with Crippen molar-refractivity contribution < 1.29 is 4.39 Å². The maximum atomic E-state index is 13.9. The van der Waals surface area contributed by atoms with Crippen molar-refractivity contribution >= 4 is 38.5 Å². The highest BCUT2D eigenvalue weighted by Crippen LogP contribution is 2.27. The lowest BCUT2D eigenvalue weighted by atomic mass is 9.98. The molecule has 2 aromatic carbocycles. The summed E-state index contributed by atoms with van der Waals surface area (Å²) >= 11 is 5.67. The smallest absolute Gasteiger partial charge is 0.126 e. The fourth-order valence-electron chi connectivity index (χ4n) is 2.12. The predicted molar refractivity (Wildman–Crippen MR) is 91.8 cm³/mol. The lowest BCUT2D eigenvalue weighted by molar-refractivity contribution is 0.527. The average molecular weight is 449 g/mol. The van der Waals surface area contributed by atoms with Gasteiger partial charge < -0.3 is 0 Å². The third-order valence-corrected chi connectivity index (χ3v) is 5.20. The SMILES string of the molecule is Cc1cccc(C(Cc2cc(Br)ccc2F)NN)c1I. The molecule has 2 aromatic rings. The molecule has 0 amide bonds. The Labute approximate surface area is 140 Å². The summed E-state index contributed by atoms with van der Waals surface area (Å²) in [6, 6.07) is 10.9. The van der Waals surface area contributed by atoms with Gasteiger partial charge in [0.1, 0.15) is 5.82 Å². The van der Waals surface area contributed by atoms with Crippen LogP contribution in [0.5, 0.6) is 0 Å². The summed E-state index contributed by atoms with van der Waals surface area (Å²) < 4.78 is 15.9.